The van der Waals surface area contributed by atoms with E-state index in [1.165, 1.54) is 18.4 Å². The fourth-order valence-electron chi connectivity index (χ4n) is 10.8. The van der Waals surface area contributed by atoms with Crippen LogP contribution in [-0.4, -0.2) is 86.8 Å². The van der Waals surface area contributed by atoms with Gasteiger partial charge in [0.25, 0.3) is 5.91 Å². The highest BCUT2D eigenvalue weighted by atomic mass is 16.5. The molecular weight excluding hydrogens is 753 g/mol. The highest BCUT2D eigenvalue weighted by Gasteiger charge is 2.51. The predicted molar refractivity (Wildman–Crippen MR) is 229 cm³/mol. The van der Waals surface area contributed by atoms with E-state index in [-0.39, 0.29) is 40.8 Å². The molecule has 4 atom stereocenters. The number of aromatic amines is 2. The molecule has 3 aromatic carbocycles. The summed E-state index contributed by atoms with van der Waals surface area (Å²) in [7, 11) is 5.26. The van der Waals surface area contributed by atoms with E-state index < -0.39 is 12.1 Å². The summed E-state index contributed by atoms with van der Waals surface area (Å²) in [5, 5.41) is 2.74. The van der Waals surface area contributed by atoms with Gasteiger partial charge in [-0.15, -0.1) is 0 Å². The van der Waals surface area contributed by atoms with Crippen molar-refractivity contribution in [3.8, 4) is 11.3 Å². The van der Waals surface area contributed by atoms with Crippen molar-refractivity contribution < 1.29 is 19.1 Å². The number of ether oxygens (including phenoxy) is 1. The lowest BCUT2D eigenvalue weighted by atomic mass is 9.51. The molecule has 2 aliphatic heterocycles. The number of carbonyl (C=O) groups is 3. The minimum absolute atomic E-state index is 0.0357. The second kappa shape index (κ2) is 16.4. The zero-order valence-electron chi connectivity index (χ0n) is 34.9. The summed E-state index contributed by atoms with van der Waals surface area (Å²) < 4.78 is 4.86. The third-order valence-electron chi connectivity index (χ3n) is 14.2. The van der Waals surface area contributed by atoms with Gasteiger partial charge < -0.3 is 29.8 Å². The number of nitrogens with zero attached hydrogens (tertiary/aromatic N) is 5. The molecule has 3 aliphatic carbocycles. The number of alkyl carbamates (subject to hydrolysis) is 1. The molecular formula is C48H56N8O4. The van der Waals surface area contributed by atoms with E-state index in [9.17, 15) is 14.4 Å². The van der Waals surface area contributed by atoms with Crippen LogP contribution in [0.3, 0.4) is 0 Å². The molecule has 0 unspecified atom stereocenters. The minimum Gasteiger partial charge on any atom is -0.453 e. The number of benzene rings is 3. The third-order valence-corrected chi connectivity index (χ3v) is 14.2. The van der Waals surface area contributed by atoms with E-state index in [0.717, 1.165) is 99.2 Å². The molecule has 312 valence electrons. The number of aromatic nitrogens is 4. The molecule has 60 heavy (non-hydrogen) atoms. The summed E-state index contributed by atoms with van der Waals surface area (Å²) in [6, 6.07) is 26.9. The van der Waals surface area contributed by atoms with Gasteiger partial charge in [0, 0.05) is 30.4 Å². The van der Waals surface area contributed by atoms with Crippen molar-refractivity contribution in [2.45, 2.75) is 99.2 Å². The van der Waals surface area contributed by atoms with Gasteiger partial charge in [-0.3, -0.25) is 14.5 Å². The topological polar surface area (TPSA) is 140 Å². The first-order chi connectivity index (χ1) is 29.2. The highest BCUT2D eigenvalue weighted by molar-refractivity contribution is 5.87. The number of likely N-dealkylation sites (N-methyl/N-ethyl adjacent to an activating group) is 1. The van der Waals surface area contributed by atoms with Crippen LogP contribution in [0.1, 0.15) is 122 Å². The van der Waals surface area contributed by atoms with Crippen LogP contribution < -0.4 is 5.32 Å². The summed E-state index contributed by atoms with van der Waals surface area (Å²) in [5.41, 5.74) is 6.59. The number of likely N-dealkylation sites (tertiary alicyclic amines) is 2. The van der Waals surface area contributed by atoms with Crippen molar-refractivity contribution in [3.63, 3.8) is 0 Å². The summed E-state index contributed by atoms with van der Waals surface area (Å²) in [5.74, 6) is 1.63. The van der Waals surface area contributed by atoms with E-state index in [0.29, 0.717) is 12.1 Å². The number of H-pyrrole nitrogens is 2. The highest BCUT2D eigenvalue weighted by Crippen LogP contribution is 2.58. The Hall–Kier alpha value is -5.75. The zero-order valence-corrected chi connectivity index (χ0v) is 34.9. The van der Waals surface area contributed by atoms with Gasteiger partial charge in [-0.1, -0.05) is 84.9 Å². The van der Waals surface area contributed by atoms with E-state index in [1.54, 1.807) is 0 Å². The third kappa shape index (κ3) is 7.29. The first-order valence-corrected chi connectivity index (χ1v) is 21.6. The first-order valence-electron chi connectivity index (χ1n) is 21.6. The van der Waals surface area contributed by atoms with Crippen molar-refractivity contribution in [1.82, 2.24) is 40.0 Å². The van der Waals surface area contributed by atoms with E-state index in [4.69, 9.17) is 14.7 Å². The molecule has 5 aliphatic rings. The van der Waals surface area contributed by atoms with Crippen LogP contribution >= 0.6 is 0 Å². The molecule has 3 saturated carbocycles. The van der Waals surface area contributed by atoms with Crippen LogP contribution in [0.4, 0.5) is 4.79 Å². The smallest absolute Gasteiger partial charge is 0.407 e. The maximum Gasteiger partial charge on any atom is 0.407 e. The number of rotatable bonds is 11. The molecule has 4 heterocycles. The van der Waals surface area contributed by atoms with Crippen molar-refractivity contribution in [2.24, 2.45) is 0 Å². The maximum absolute atomic E-state index is 14.1. The largest absolute Gasteiger partial charge is 0.453 e. The van der Waals surface area contributed by atoms with Crippen molar-refractivity contribution in [1.29, 1.82) is 0 Å². The van der Waals surface area contributed by atoms with Gasteiger partial charge in [0.1, 0.15) is 23.7 Å². The molecule has 0 spiro atoms. The second-order valence-electron chi connectivity index (χ2n) is 17.6. The monoisotopic (exact) mass is 808 g/mol. The zero-order chi connectivity index (χ0) is 41.4. The van der Waals surface area contributed by atoms with Crippen molar-refractivity contribution in [2.75, 3.05) is 34.3 Å². The van der Waals surface area contributed by atoms with Gasteiger partial charge in [-0.2, -0.15) is 0 Å². The Labute approximate surface area is 352 Å². The fraction of sp³-hybridized carbons (Fsp3) is 0.438. The van der Waals surface area contributed by atoms with Crippen molar-refractivity contribution >= 4 is 17.9 Å². The van der Waals surface area contributed by atoms with E-state index >= 15 is 0 Å². The molecule has 3 amide bonds. The Morgan fingerprint density at radius 1 is 0.717 bits per heavy atom. The number of fused-ring (bicyclic) bond motifs is 3. The Morgan fingerprint density at radius 2 is 1.27 bits per heavy atom. The quantitative estimate of drug-likeness (QED) is 0.123. The van der Waals surface area contributed by atoms with E-state index in [1.807, 2.05) is 90.8 Å². The number of nitrogens with one attached hydrogen (secondary N) is 3. The molecule has 3 N–H and O–H groups in total. The molecule has 5 aromatic rings. The van der Waals surface area contributed by atoms with Gasteiger partial charge in [-0.05, 0) is 106 Å². The van der Waals surface area contributed by atoms with Crippen LogP contribution in [0.15, 0.2) is 97.3 Å². The maximum atomic E-state index is 14.1. The molecule has 2 aromatic heterocycles. The summed E-state index contributed by atoms with van der Waals surface area (Å²) in [6.07, 6.45) is 13.5. The number of methoxy groups -OCH3 is 1. The molecule has 12 nitrogen and oxygen atoms in total. The normalized spacial score (nSPS) is 24.7. The Kier molecular flexibility index (Phi) is 10.8. The lowest BCUT2D eigenvalue weighted by Gasteiger charge is -2.53. The van der Waals surface area contributed by atoms with Crippen LogP contribution in [-0.2, 0) is 25.2 Å². The number of amides is 3. The van der Waals surface area contributed by atoms with Gasteiger partial charge in [0.15, 0.2) is 0 Å². The van der Waals surface area contributed by atoms with Gasteiger partial charge in [0.05, 0.1) is 31.1 Å². The Balaban J connectivity index is 0.854. The first kappa shape index (κ1) is 39.7. The Bertz CT molecular complexity index is 2280. The van der Waals surface area contributed by atoms with Gasteiger partial charge >= 0.3 is 6.09 Å². The predicted octanol–water partition coefficient (Wildman–Crippen LogP) is 8.07. The molecule has 12 heteroatoms. The summed E-state index contributed by atoms with van der Waals surface area (Å²) in [4.78, 5) is 63.3. The molecule has 2 saturated heterocycles. The molecule has 5 fully saturated rings. The SMILES string of the molecule is COC(=O)N[C@@H](C(=O)N1CCC[C@H]1c1ncc(-c2ccc(C34CCC(c5cnc([C@@H]6CCCN6C(=O)[C@@H](c6ccccc6)N(C)C)[nH]5)(CC3)CC4)cc2)[nH]1)c1ccccc1. The number of carbonyl (C=O) groups excluding carboxylic acids is 3. The van der Waals surface area contributed by atoms with Gasteiger partial charge in [0.2, 0.25) is 5.91 Å². The van der Waals surface area contributed by atoms with Gasteiger partial charge in [-0.25, -0.2) is 14.8 Å². The standard InChI is InChI=1S/C48H56N8O4/c1-54(2)41(34-14-8-5-9-15-34)45(58)56-29-11-17-38(56)43-50-31-39(52-43)48-25-22-47(23-26-48,24-27-48)35-20-18-32(19-21-35)36-30-49-42(51-36)37-16-10-28-55(37)44(57)40(53-46(59)60-3)33-12-6-4-7-13-33/h4-9,12-15,18-21,30-31,37-38,40-41H,10-11,16-17,22-29H2,1-3H3,(H,49,51)(H,50,52)(H,53,59)/t37-,38-,40+,41+,47?,48?/m0/s1. The van der Waals surface area contributed by atoms with Crippen LogP contribution in [0.25, 0.3) is 11.3 Å². The fourth-order valence-corrected chi connectivity index (χ4v) is 10.8. The van der Waals surface area contributed by atoms with E-state index in [2.05, 4.69) is 50.6 Å². The number of hydrogen-bond donors (Lipinski definition) is 3. The molecule has 2 bridgehead atoms. The van der Waals surface area contributed by atoms with Crippen LogP contribution in [0, 0.1) is 0 Å². The van der Waals surface area contributed by atoms with Crippen LogP contribution in [0.5, 0.6) is 0 Å². The molecule has 10 rings (SSSR count). The Morgan fingerprint density at radius 3 is 1.87 bits per heavy atom. The minimum atomic E-state index is -0.857. The molecule has 0 radical (unpaired) electrons. The lowest BCUT2D eigenvalue weighted by Crippen LogP contribution is -2.46. The average molecular weight is 809 g/mol. The summed E-state index contributed by atoms with van der Waals surface area (Å²) in [6.45, 7) is 1.33. The average Bonchev–Trinajstić information content (AvgIpc) is 4.14. The second-order valence-corrected chi connectivity index (χ2v) is 17.6. The number of imidazole rings is 2. The lowest BCUT2D eigenvalue weighted by molar-refractivity contribution is -0.137. The summed E-state index contributed by atoms with van der Waals surface area (Å²) >= 11 is 0. The number of hydrogen-bond acceptors (Lipinski definition) is 7. The van der Waals surface area contributed by atoms with Crippen molar-refractivity contribution in [3.05, 3.63) is 131 Å². The van der Waals surface area contributed by atoms with Crippen LogP contribution in [0.2, 0.25) is 0 Å².